The van der Waals surface area contributed by atoms with Crippen molar-refractivity contribution in [1.29, 1.82) is 0 Å². The first-order chi connectivity index (χ1) is 21.3. The highest BCUT2D eigenvalue weighted by Gasteiger charge is 2.23. The maximum atomic E-state index is 13.8. The van der Waals surface area contributed by atoms with Crippen LogP contribution in [0.1, 0.15) is 36.6 Å². The number of hydrogen-bond acceptors (Lipinski definition) is 8. The normalized spacial score (nSPS) is 12.8. The van der Waals surface area contributed by atoms with Crippen molar-refractivity contribution in [2.75, 3.05) is 40.2 Å². The lowest BCUT2D eigenvalue weighted by Gasteiger charge is -2.22. The zero-order valence-corrected chi connectivity index (χ0v) is 25.6. The number of aldehydes is 1. The van der Waals surface area contributed by atoms with Gasteiger partial charge in [0.15, 0.2) is 11.5 Å². The Kier molecular flexibility index (Phi) is 8.99. The fourth-order valence-electron chi connectivity index (χ4n) is 5.58. The van der Waals surface area contributed by atoms with Crippen LogP contribution in [-0.2, 0) is 22.6 Å². The number of benzene rings is 2. The van der Waals surface area contributed by atoms with Gasteiger partial charge in [-0.1, -0.05) is 12.2 Å². The second kappa shape index (κ2) is 13.0. The van der Waals surface area contributed by atoms with Gasteiger partial charge < -0.3 is 29.4 Å². The zero-order chi connectivity index (χ0) is 31.4. The van der Waals surface area contributed by atoms with Crippen molar-refractivity contribution in [3.05, 3.63) is 86.9 Å². The van der Waals surface area contributed by atoms with Gasteiger partial charge in [-0.25, -0.2) is 4.98 Å². The minimum Gasteiger partial charge on any atom is -0.497 e. The van der Waals surface area contributed by atoms with Crippen LogP contribution >= 0.6 is 0 Å². The highest BCUT2D eigenvalue weighted by molar-refractivity contribution is 6.02. The number of carbonyl (C=O) groups excluding carboxylic acids is 2. The van der Waals surface area contributed by atoms with Gasteiger partial charge in [-0.2, -0.15) is 0 Å². The third kappa shape index (κ3) is 5.88. The monoisotopic (exact) mass is 596 g/mol. The molecule has 4 aromatic rings. The lowest BCUT2D eigenvalue weighted by molar-refractivity contribution is -0.126. The molecule has 0 atom stereocenters. The lowest BCUT2D eigenvalue weighted by atomic mass is 9.96. The Hall–Kier alpha value is -5.12. The van der Waals surface area contributed by atoms with E-state index in [9.17, 15) is 14.4 Å². The fourth-order valence-corrected chi connectivity index (χ4v) is 5.58. The van der Waals surface area contributed by atoms with Crippen LogP contribution < -0.4 is 25.1 Å². The summed E-state index contributed by atoms with van der Waals surface area (Å²) >= 11 is 0. The average molecular weight is 597 g/mol. The molecular weight excluding hydrogens is 560 g/mol. The standard InChI is InChI=1S/C34H36N4O6/c1-6-35-32-22(13-21-14-23(42-3)11-12-28(21)36-32)15-27-25-16-30(43-4)31(44-5)17-26(25)29(37-33(27)40)18-38(2)34(41)24-10-8-7-9-20(24)19-39/h8,10-14,16-17,19H,6-7,9,15,18H2,1-5H3,(H,35,36)(H,37,40). The van der Waals surface area contributed by atoms with E-state index in [2.05, 4.69) is 10.3 Å². The Labute approximate surface area is 255 Å². The summed E-state index contributed by atoms with van der Waals surface area (Å²) in [6.45, 7) is 2.75. The Morgan fingerprint density at radius 2 is 1.82 bits per heavy atom. The molecule has 5 rings (SSSR count). The summed E-state index contributed by atoms with van der Waals surface area (Å²) < 4.78 is 16.6. The molecule has 10 heteroatoms. The number of anilines is 1. The van der Waals surface area contributed by atoms with E-state index in [0.717, 1.165) is 22.8 Å². The first-order valence-electron chi connectivity index (χ1n) is 14.4. The molecule has 0 radical (unpaired) electrons. The van der Waals surface area contributed by atoms with Crippen LogP contribution in [0.25, 0.3) is 21.7 Å². The molecule has 2 aromatic heterocycles. The molecule has 10 nitrogen and oxygen atoms in total. The van der Waals surface area contributed by atoms with E-state index >= 15 is 0 Å². The maximum Gasteiger partial charge on any atom is 0.254 e. The van der Waals surface area contributed by atoms with Crippen molar-refractivity contribution in [2.24, 2.45) is 0 Å². The Balaban J connectivity index is 1.63. The van der Waals surface area contributed by atoms with E-state index in [1.165, 1.54) is 4.90 Å². The van der Waals surface area contributed by atoms with Crippen LogP contribution in [-0.4, -0.2) is 62.0 Å². The molecule has 0 fully saturated rings. The second-order valence-corrected chi connectivity index (χ2v) is 10.6. The Morgan fingerprint density at radius 3 is 2.50 bits per heavy atom. The fraction of sp³-hybridized carbons (Fsp3) is 0.294. The van der Waals surface area contributed by atoms with Crippen LogP contribution in [0.2, 0.25) is 0 Å². The number of likely N-dealkylation sites (N-methyl/N-ethyl adjacent to an activating group) is 1. The van der Waals surface area contributed by atoms with E-state index in [1.54, 1.807) is 40.5 Å². The Bertz CT molecular complexity index is 1870. The molecule has 1 aliphatic rings. The number of methoxy groups -OCH3 is 3. The zero-order valence-electron chi connectivity index (χ0n) is 25.6. The van der Waals surface area contributed by atoms with E-state index in [4.69, 9.17) is 19.2 Å². The van der Waals surface area contributed by atoms with Gasteiger partial charge in [0.1, 0.15) is 17.9 Å². The van der Waals surface area contributed by atoms with Crippen molar-refractivity contribution >= 4 is 39.7 Å². The largest absolute Gasteiger partial charge is 0.497 e. The van der Waals surface area contributed by atoms with Crippen LogP contribution in [0, 0.1) is 0 Å². The molecule has 0 saturated heterocycles. The van der Waals surface area contributed by atoms with Crippen LogP contribution in [0.3, 0.4) is 0 Å². The number of aromatic amines is 1. The average Bonchev–Trinajstić information content (AvgIpc) is 3.05. The van der Waals surface area contributed by atoms with Gasteiger partial charge >= 0.3 is 0 Å². The number of carbonyl (C=O) groups is 2. The highest BCUT2D eigenvalue weighted by Crippen LogP contribution is 2.36. The second-order valence-electron chi connectivity index (χ2n) is 10.6. The van der Waals surface area contributed by atoms with Crippen LogP contribution in [0.4, 0.5) is 5.82 Å². The summed E-state index contributed by atoms with van der Waals surface area (Å²) in [7, 11) is 6.36. The quantitative estimate of drug-likeness (QED) is 0.234. The van der Waals surface area contributed by atoms with Gasteiger partial charge in [0, 0.05) is 53.2 Å². The van der Waals surface area contributed by atoms with Crippen molar-refractivity contribution in [3.63, 3.8) is 0 Å². The first kappa shape index (κ1) is 30.3. The third-order valence-electron chi connectivity index (χ3n) is 7.85. The van der Waals surface area contributed by atoms with E-state index < -0.39 is 0 Å². The molecule has 2 aromatic carbocycles. The number of fused-ring (bicyclic) bond motifs is 2. The molecule has 228 valence electrons. The number of aromatic nitrogens is 2. The summed E-state index contributed by atoms with van der Waals surface area (Å²) in [5.41, 5.74) is 3.25. The number of H-pyrrole nitrogens is 1. The third-order valence-corrected chi connectivity index (χ3v) is 7.85. The van der Waals surface area contributed by atoms with E-state index in [0.29, 0.717) is 75.6 Å². The molecule has 0 aliphatic heterocycles. The molecule has 1 aliphatic carbocycles. The molecule has 0 bridgehead atoms. The van der Waals surface area contributed by atoms with Gasteiger partial charge in [-0.3, -0.25) is 14.4 Å². The van der Waals surface area contributed by atoms with Crippen molar-refractivity contribution < 1.29 is 23.8 Å². The summed E-state index contributed by atoms with van der Waals surface area (Å²) in [6, 6.07) is 11.3. The minimum absolute atomic E-state index is 0.101. The van der Waals surface area contributed by atoms with E-state index in [-0.39, 0.29) is 24.4 Å². The molecule has 2 N–H and O–H groups in total. The number of nitrogens with one attached hydrogen (secondary N) is 2. The number of amides is 1. The molecule has 44 heavy (non-hydrogen) atoms. The number of pyridine rings is 2. The van der Waals surface area contributed by atoms with Crippen molar-refractivity contribution in [1.82, 2.24) is 14.9 Å². The molecule has 0 spiro atoms. The predicted molar refractivity (Wildman–Crippen MR) is 171 cm³/mol. The first-order valence-corrected chi connectivity index (χ1v) is 14.4. The maximum absolute atomic E-state index is 13.8. The van der Waals surface area contributed by atoms with Crippen LogP contribution in [0.5, 0.6) is 17.2 Å². The number of nitrogens with zero attached hydrogens (tertiary/aromatic N) is 2. The topological polar surface area (TPSA) is 123 Å². The summed E-state index contributed by atoms with van der Waals surface area (Å²) in [5.74, 6) is 2.07. The van der Waals surface area contributed by atoms with Gasteiger partial charge in [0.25, 0.3) is 11.5 Å². The van der Waals surface area contributed by atoms with Crippen LogP contribution in [0.15, 0.2) is 64.5 Å². The van der Waals surface area contributed by atoms with Gasteiger partial charge in [-0.05, 0) is 67.1 Å². The summed E-state index contributed by atoms with van der Waals surface area (Å²) in [6.07, 6.45) is 5.83. The van der Waals surface area contributed by atoms with Crippen molar-refractivity contribution in [2.45, 2.75) is 32.7 Å². The van der Waals surface area contributed by atoms with Crippen molar-refractivity contribution in [3.8, 4) is 17.2 Å². The summed E-state index contributed by atoms with van der Waals surface area (Å²) in [4.78, 5) is 48.2. The van der Waals surface area contributed by atoms with Gasteiger partial charge in [0.05, 0.1) is 33.4 Å². The molecule has 0 unspecified atom stereocenters. The predicted octanol–water partition coefficient (Wildman–Crippen LogP) is 4.93. The molecule has 0 saturated carbocycles. The lowest BCUT2D eigenvalue weighted by Crippen LogP contribution is -2.30. The highest BCUT2D eigenvalue weighted by atomic mass is 16.5. The minimum atomic E-state index is -0.297. The smallest absolute Gasteiger partial charge is 0.254 e. The molecular formula is C34H36N4O6. The summed E-state index contributed by atoms with van der Waals surface area (Å²) in [5, 5.41) is 5.60. The van der Waals surface area contributed by atoms with Gasteiger partial charge in [-0.15, -0.1) is 0 Å². The number of allylic oxidation sites excluding steroid dienone is 2. The Morgan fingerprint density at radius 1 is 1.07 bits per heavy atom. The molecule has 2 heterocycles. The molecule has 1 amide bonds. The number of rotatable bonds is 11. The van der Waals surface area contributed by atoms with Gasteiger partial charge in [0.2, 0.25) is 0 Å². The van der Waals surface area contributed by atoms with E-state index in [1.807, 2.05) is 43.3 Å². The SMILES string of the molecule is CCNc1nc2ccc(OC)cc2cc1Cc1c(=O)[nH]c(CN(C)C(=O)C2=C(C=O)CCC=C2)c2cc(OC)c(OC)cc12. The number of ether oxygens (including phenoxy) is 3. The number of hydrogen-bond donors (Lipinski definition) is 2.